The second-order valence-corrected chi connectivity index (χ2v) is 6.24. The van der Waals surface area contributed by atoms with Gasteiger partial charge in [-0.3, -0.25) is 0 Å². The summed E-state index contributed by atoms with van der Waals surface area (Å²) in [6.45, 7) is 0. The average Bonchev–Trinajstić information content (AvgIpc) is 2.48. The lowest BCUT2D eigenvalue weighted by molar-refractivity contribution is -0.138. The lowest BCUT2D eigenvalue weighted by atomic mass is 9.94. The lowest BCUT2D eigenvalue weighted by Gasteiger charge is -2.42. The summed E-state index contributed by atoms with van der Waals surface area (Å²) < 4.78 is 0. The van der Waals surface area contributed by atoms with Gasteiger partial charge in [0.1, 0.15) is 0 Å². The van der Waals surface area contributed by atoms with E-state index < -0.39 is 15.2 Å². The van der Waals surface area contributed by atoms with Crippen LogP contribution in [0.3, 0.4) is 0 Å². The van der Waals surface area contributed by atoms with Crippen LogP contribution in [0.15, 0.2) is 60.7 Å². The Morgan fingerprint density at radius 2 is 0.857 bits per heavy atom. The molecule has 2 rings (SSSR count). The van der Waals surface area contributed by atoms with Crippen molar-refractivity contribution in [2.45, 2.75) is 15.2 Å². The van der Waals surface area contributed by atoms with Crippen LogP contribution in [-0.4, -0.2) is 20.4 Å². The number of alkyl halides is 3. The lowest BCUT2D eigenvalue weighted by Crippen LogP contribution is -2.56. The third kappa shape index (κ3) is 2.78. The standard InChI is InChI=1S/C15H13Cl3O3/c16-13(19,11-7-3-1-4-8-11)15(18,21)14(17,20)12-9-5-2-6-10-12/h1-10,19-21H. The Balaban J connectivity index is 2.50. The van der Waals surface area contributed by atoms with E-state index in [2.05, 4.69) is 0 Å². The molecule has 21 heavy (non-hydrogen) atoms. The third-order valence-electron chi connectivity index (χ3n) is 3.19. The van der Waals surface area contributed by atoms with E-state index >= 15 is 0 Å². The Kier molecular flexibility index (Phi) is 4.54. The molecule has 6 heteroatoms. The van der Waals surface area contributed by atoms with Gasteiger partial charge < -0.3 is 15.3 Å². The smallest absolute Gasteiger partial charge is 0.233 e. The minimum atomic E-state index is -2.79. The van der Waals surface area contributed by atoms with Crippen molar-refractivity contribution in [3.8, 4) is 0 Å². The topological polar surface area (TPSA) is 60.7 Å². The van der Waals surface area contributed by atoms with Crippen LogP contribution >= 0.6 is 34.8 Å². The first kappa shape index (κ1) is 16.6. The molecule has 0 saturated heterocycles. The molecule has 0 fully saturated rings. The van der Waals surface area contributed by atoms with Gasteiger partial charge >= 0.3 is 0 Å². The van der Waals surface area contributed by atoms with Gasteiger partial charge in [0.05, 0.1) is 0 Å². The summed E-state index contributed by atoms with van der Waals surface area (Å²) in [6, 6.07) is 15.6. The highest BCUT2D eigenvalue weighted by atomic mass is 35.5. The van der Waals surface area contributed by atoms with Gasteiger partial charge in [-0.15, -0.1) is 0 Å². The van der Waals surface area contributed by atoms with Gasteiger partial charge in [-0.25, -0.2) is 0 Å². The van der Waals surface area contributed by atoms with Crippen LogP contribution in [0, 0.1) is 0 Å². The van der Waals surface area contributed by atoms with E-state index in [0.29, 0.717) is 0 Å². The first-order valence-electron chi connectivity index (χ1n) is 6.06. The number of hydrogen-bond acceptors (Lipinski definition) is 3. The zero-order valence-corrected chi connectivity index (χ0v) is 13.0. The quantitative estimate of drug-likeness (QED) is 0.745. The van der Waals surface area contributed by atoms with E-state index in [-0.39, 0.29) is 11.1 Å². The van der Waals surface area contributed by atoms with Gasteiger partial charge in [0.15, 0.2) is 0 Å². The van der Waals surface area contributed by atoms with Crippen LogP contribution in [0.4, 0.5) is 0 Å². The van der Waals surface area contributed by atoms with Crippen molar-refractivity contribution in [2.75, 3.05) is 0 Å². The average molecular weight is 348 g/mol. The van der Waals surface area contributed by atoms with Crippen LogP contribution in [0.5, 0.6) is 0 Å². The van der Waals surface area contributed by atoms with Crippen molar-refractivity contribution in [2.24, 2.45) is 0 Å². The van der Waals surface area contributed by atoms with Crippen LogP contribution in [0.25, 0.3) is 0 Å². The maximum atomic E-state index is 10.5. The van der Waals surface area contributed by atoms with Crippen LogP contribution in [-0.2, 0) is 10.1 Å². The minimum absolute atomic E-state index is 0.0965. The van der Waals surface area contributed by atoms with Crippen molar-refractivity contribution < 1.29 is 15.3 Å². The number of rotatable bonds is 4. The molecule has 0 heterocycles. The molecular formula is C15H13Cl3O3. The summed E-state index contributed by atoms with van der Waals surface area (Å²) >= 11 is 18.0. The number of halogens is 3. The monoisotopic (exact) mass is 346 g/mol. The number of hydrogen-bond donors (Lipinski definition) is 3. The van der Waals surface area contributed by atoms with E-state index in [1.807, 2.05) is 0 Å². The second kappa shape index (κ2) is 5.76. The summed E-state index contributed by atoms with van der Waals surface area (Å²) in [7, 11) is 0. The van der Waals surface area contributed by atoms with E-state index in [4.69, 9.17) is 34.8 Å². The van der Waals surface area contributed by atoms with Crippen molar-refractivity contribution in [1.29, 1.82) is 0 Å². The van der Waals surface area contributed by atoms with Gasteiger partial charge in [0, 0.05) is 11.1 Å². The molecule has 2 aromatic rings. The molecule has 0 aliphatic carbocycles. The zero-order valence-electron chi connectivity index (χ0n) is 10.7. The van der Waals surface area contributed by atoms with E-state index in [9.17, 15) is 15.3 Å². The Morgan fingerprint density at radius 3 is 1.14 bits per heavy atom. The molecule has 0 aliphatic rings. The van der Waals surface area contributed by atoms with Crippen molar-refractivity contribution in [3.05, 3.63) is 71.8 Å². The Bertz CT molecular complexity index is 545. The van der Waals surface area contributed by atoms with Crippen LogP contribution in [0.2, 0.25) is 0 Å². The van der Waals surface area contributed by atoms with Gasteiger partial charge in [-0.2, -0.15) is 0 Å². The van der Waals surface area contributed by atoms with Gasteiger partial charge in [0.2, 0.25) is 15.2 Å². The van der Waals surface area contributed by atoms with Gasteiger partial charge in [0.25, 0.3) is 0 Å². The first-order chi connectivity index (χ1) is 9.71. The highest BCUT2D eigenvalue weighted by molar-refractivity contribution is 6.38. The van der Waals surface area contributed by atoms with Crippen molar-refractivity contribution in [1.82, 2.24) is 0 Å². The predicted octanol–water partition coefficient (Wildman–Crippen LogP) is 3.08. The second-order valence-electron chi connectivity index (χ2n) is 4.60. The van der Waals surface area contributed by atoms with Crippen molar-refractivity contribution in [3.63, 3.8) is 0 Å². The molecule has 2 aromatic carbocycles. The molecule has 3 N–H and O–H groups in total. The third-order valence-corrected chi connectivity index (χ3v) is 4.91. The molecule has 112 valence electrons. The van der Waals surface area contributed by atoms with Crippen LogP contribution in [0.1, 0.15) is 11.1 Å². The largest absolute Gasteiger partial charge is 0.368 e. The fourth-order valence-electron chi connectivity index (χ4n) is 1.92. The van der Waals surface area contributed by atoms with E-state index in [1.54, 1.807) is 36.4 Å². The molecule has 3 nitrogen and oxygen atoms in total. The highest BCUT2D eigenvalue weighted by Gasteiger charge is 2.62. The normalized spacial score (nSPS) is 20.1. The zero-order chi connectivity index (χ0) is 15.7. The SMILES string of the molecule is OC(Cl)(c1ccccc1)C(O)(Cl)C(O)(Cl)c1ccccc1. The molecule has 0 spiro atoms. The molecule has 0 bridgehead atoms. The molecule has 2 atom stereocenters. The minimum Gasteiger partial charge on any atom is -0.368 e. The van der Waals surface area contributed by atoms with Crippen molar-refractivity contribution >= 4 is 34.8 Å². The highest BCUT2D eigenvalue weighted by Crippen LogP contribution is 2.52. The number of benzene rings is 2. The fraction of sp³-hybridized carbons (Fsp3) is 0.200. The molecule has 0 aliphatic heterocycles. The number of aliphatic hydroxyl groups is 3. The molecule has 0 amide bonds. The molecule has 0 aromatic heterocycles. The Labute approximate surface area is 137 Å². The summed E-state index contributed by atoms with van der Waals surface area (Å²) in [4.78, 5) is 0. The summed E-state index contributed by atoms with van der Waals surface area (Å²) in [5.41, 5.74) is 0.193. The Morgan fingerprint density at radius 1 is 0.571 bits per heavy atom. The van der Waals surface area contributed by atoms with E-state index in [1.165, 1.54) is 24.3 Å². The Hall–Kier alpha value is -0.810. The maximum Gasteiger partial charge on any atom is 0.233 e. The van der Waals surface area contributed by atoms with Crippen LogP contribution < -0.4 is 0 Å². The summed E-state index contributed by atoms with van der Waals surface area (Å²) in [5.74, 6) is 0. The fourth-order valence-corrected chi connectivity index (χ4v) is 2.71. The summed E-state index contributed by atoms with van der Waals surface area (Å²) in [6.07, 6.45) is 0. The molecular weight excluding hydrogens is 335 g/mol. The molecule has 0 saturated carbocycles. The molecule has 2 unspecified atom stereocenters. The summed E-state index contributed by atoms with van der Waals surface area (Å²) in [5, 5.41) is 23.6. The van der Waals surface area contributed by atoms with Gasteiger partial charge in [-0.1, -0.05) is 95.5 Å². The van der Waals surface area contributed by atoms with Gasteiger partial charge in [-0.05, 0) is 0 Å². The first-order valence-corrected chi connectivity index (χ1v) is 7.19. The molecule has 0 radical (unpaired) electrons. The predicted molar refractivity (Wildman–Crippen MR) is 83.2 cm³/mol. The maximum absolute atomic E-state index is 10.5. The van der Waals surface area contributed by atoms with E-state index in [0.717, 1.165) is 0 Å².